The highest BCUT2D eigenvalue weighted by molar-refractivity contribution is 5.86. The van der Waals surface area contributed by atoms with Crippen molar-refractivity contribution in [3.05, 3.63) is 29.8 Å². The molecular weight excluding hydrogens is 291 g/mol. The molecule has 0 saturated carbocycles. The molecule has 0 aromatic heterocycles. The standard InChI is InChI=1S/C13H12F3NO4/c14-13(15,16)7-17(6-11(18)19)12(20)10-5-8-3-1-2-4-9(8)21-10/h1-4,10H,5-7H2,(H,18,19). The highest BCUT2D eigenvalue weighted by atomic mass is 19.4. The maximum atomic E-state index is 12.4. The Morgan fingerprint density at radius 1 is 1.33 bits per heavy atom. The zero-order chi connectivity index (χ0) is 15.6. The zero-order valence-corrected chi connectivity index (χ0v) is 10.8. The fraction of sp³-hybridized carbons (Fsp3) is 0.385. The van der Waals surface area contributed by atoms with Crippen LogP contribution < -0.4 is 4.74 Å². The van der Waals surface area contributed by atoms with Crippen molar-refractivity contribution in [3.8, 4) is 5.75 Å². The normalized spacial score (nSPS) is 17.0. The SMILES string of the molecule is O=C(O)CN(CC(F)(F)F)C(=O)C1Cc2ccccc2O1. The fourth-order valence-corrected chi connectivity index (χ4v) is 2.11. The lowest BCUT2D eigenvalue weighted by Crippen LogP contribution is -2.47. The first kappa shape index (κ1) is 15.1. The van der Waals surface area contributed by atoms with Gasteiger partial charge in [-0.3, -0.25) is 9.59 Å². The first-order valence-electron chi connectivity index (χ1n) is 6.08. The van der Waals surface area contributed by atoms with Crippen molar-refractivity contribution in [2.24, 2.45) is 0 Å². The number of alkyl halides is 3. The smallest absolute Gasteiger partial charge is 0.406 e. The number of fused-ring (bicyclic) bond motifs is 1. The Hall–Kier alpha value is -2.25. The lowest BCUT2D eigenvalue weighted by Gasteiger charge is -2.24. The van der Waals surface area contributed by atoms with E-state index >= 15 is 0 Å². The number of para-hydroxylation sites is 1. The van der Waals surface area contributed by atoms with Crippen LogP contribution in [0.15, 0.2) is 24.3 Å². The average molecular weight is 303 g/mol. The number of carbonyl (C=O) groups is 2. The van der Waals surface area contributed by atoms with Crippen molar-refractivity contribution in [2.45, 2.75) is 18.7 Å². The lowest BCUT2D eigenvalue weighted by atomic mass is 10.1. The molecule has 0 bridgehead atoms. The van der Waals surface area contributed by atoms with Crippen molar-refractivity contribution < 1.29 is 32.6 Å². The number of aliphatic carboxylic acids is 1. The van der Waals surface area contributed by atoms with Crippen LogP contribution in [0.5, 0.6) is 5.75 Å². The van der Waals surface area contributed by atoms with E-state index in [4.69, 9.17) is 9.84 Å². The third-order valence-corrected chi connectivity index (χ3v) is 2.93. The van der Waals surface area contributed by atoms with Gasteiger partial charge in [-0.1, -0.05) is 18.2 Å². The van der Waals surface area contributed by atoms with Crippen molar-refractivity contribution in [3.63, 3.8) is 0 Å². The van der Waals surface area contributed by atoms with Crippen LogP contribution in [-0.4, -0.2) is 47.3 Å². The molecule has 1 heterocycles. The average Bonchev–Trinajstić information content (AvgIpc) is 2.78. The summed E-state index contributed by atoms with van der Waals surface area (Å²) in [6.45, 7) is -2.64. The van der Waals surface area contributed by atoms with Crippen molar-refractivity contribution in [1.29, 1.82) is 0 Å². The highest BCUT2D eigenvalue weighted by Crippen LogP contribution is 2.29. The number of halogens is 3. The Balaban J connectivity index is 2.11. The molecule has 21 heavy (non-hydrogen) atoms. The van der Waals surface area contributed by atoms with Crippen molar-refractivity contribution in [2.75, 3.05) is 13.1 Å². The number of benzene rings is 1. The van der Waals surface area contributed by atoms with Crippen LogP contribution >= 0.6 is 0 Å². The Morgan fingerprint density at radius 3 is 2.57 bits per heavy atom. The number of carbonyl (C=O) groups excluding carboxylic acids is 1. The number of hydrogen-bond donors (Lipinski definition) is 1. The van der Waals surface area contributed by atoms with E-state index in [1.54, 1.807) is 24.3 Å². The molecule has 0 spiro atoms. The van der Waals surface area contributed by atoms with E-state index in [0.717, 1.165) is 0 Å². The number of carboxylic acids is 1. The molecule has 1 atom stereocenters. The number of amides is 1. The molecule has 1 aliphatic heterocycles. The molecule has 1 N–H and O–H groups in total. The maximum Gasteiger partial charge on any atom is 0.406 e. The highest BCUT2D eigenvalue weighted by Gasteiger charge is 2.39. The number of ether oxygens (including phenoxy) is 1. The molecule has 1 amide bonds. The van der Waals surface area contributed by atoms with Gasteiger partial charge in [0.2, 0.25) is 0 Å². The molecule has 1 aromatic carbocycles. The summed E-state index contributed by atoms with van der Waals surface area (Å²) in [7, 11) is 0. The van der Waals surface area contributed by atoms with E-state index in [1.165, 1.54) is 0 Å². The number of carboxylic acid groups (broad SMARTS) is 1. The van der Waals surface area contributed by atoms with Gasteiger partial charge in [0.25, 0.3) is 5.91 Å². The first-order chi connectivity index (χ1) is 9.76. The van der Waals surface area contributed by atoms with Gasteiger partial charge < -0.3 is 14.7 Å². The lowest BCUT2D eigenvalue weighted by molar-refractivity contribution is -0.169. The molecule has 1 aromatic rings. The molecule has 0 saturated heterocycles. The van der Waals surface area contributed by atoms with Gasteiger partial charge in [-0.05, 0) is 11.6 Å². The Labute approximate surface area is 117 Å². The second kappa shape index (κ2) is 5.63. The summed E-state index contributed by atoms with van der Waals surface area (Å²) < 4.78 is 42.6. The minimum absolute atomic E-state index is 0.128. The predicted molar refractivity (Wildman–Crippen MR) is 64.8 cm³/mol. The fourth-order valence-electron chi connectivity index (χ4n) is 2.11. The summed E-state index contributed by atoms with van der Waals surface area (Å²) in [4.78, 5) is 22.9. The minimum atomic E-state index is -4.67. The molecular formula is C13H12F3NO4. The third-order valence-electron chi connectivity index (χ3n) is 2.93. The van der Waals surface area contributed by atoms with Crippen LogP contribution in [0.1, 0.15) is 5.56 Å². The molecule has 8 heteroatoms. The van der Waals surface area contributed by atoms with Crippen molar-refractivity contribution >= 4 is 11.9 Å². The molecule has 1 unspecified atom stereocenters. The molecule has 0 radical (unpaired) electrons. The van der Waals surface area contributed by atoms with Gasteiger partial charge in [0, 0.05) is 6.42 Å². The third kappa shape index (κ3) is 3.87. The molecule has 5 nitrogen and oxygen atoms in total. The first-order valence-corrected chi connectivity index (χ1v) is 6.08. The van der Waals surface area contributed by atoms with E-state index in [2.05, 4.69) is 0 Å². The summed E-state index contributed by atoms with van der Waals surface area (Å²) in [5.41, 5.74) is 0.707. The van der Waals surface area contributed by atoms with Crippen LogP contribution in [0.3, 0.4) is 0 Å². The van der Waals surface area contributed by atoms with Gasteiger partial charge >= 0.3 is 12.1 Å². The van der Waals surface area contributed by atoms with Crippen molar-refractivity contribution in [1.82, 2.24) is 4.90 Å². The largest absolute Gasteiger partial charge is 0.480 e. The molecule has 0 fully saturated rings. The summed E-state index contributed by atoms with van der Waals surface area (Å²) in [5.74, 6) is -2.06. The van der Waals surface area contributed by atoms with Crippen LogP contribution in [0.25, 0.3) is 0 Å². The Bertz CT molecular complexity index is 534. The van der Waals surface area contributed by atoms with Gasteiger partial charge in [-0.2, -0.15) is 13.2 Å². The number of hydrogen-bond acceptors (Lipinski definition) is 3. The van der Waals surface area contributed by atoms with E-state index in [9.17, 15) is 22.8 Å². The second-order valence-electron chi connectivity index (χ2n) is 4.62. The molecule has 0 aliphatic carbocycles. The molecule has 1 aliphatic rings. The Morgan fingerprint density at radius 2 is 2.00 bits per heavy atom. The monoisotopic (exact) mass is 303 g/mol. The van der Waals surface area contributed by atoms with E-state index in [0.29, 0.717) is 11.3 Å². The van der Waals surface area contributed by atoms with Crippen LogP contribution in [-0.2, 0) is 16.0 Å². The van der Waals surface area contributed by atoms with E-state index in [-0.39, 0.29) is 11.3 Å². The summed E-state index contributed by atoms with van der Waals surface area (Å²) in [6.07, 6.45) is -5.66. The minimum Gasteiger partial charge on any atom is -0.480 e. The molecule has 114 valence electrons. The zero-order valence-electron chi connectivity index (χ0n) is 10.8. The second-order valence-corrected chi connectivity index (χ2v) is 4.62. The van der Waals surface area contributed by atoms with Gasteiger partial charge in [-0.25, -0.2) is 0 Å². The predicted octanol–water partition coefficient (Wildman–Crippen LogP) is 1.47. The van der Waals surface area contributed by atoms with Crippen LogP contribution in [0.4, 0.5) is 13.2 Å². The number of rotatable bonds is 4. The van der Waals surface area contributed by atoms with Gasteiger partial charge in [0.15, 0.2) is 6.10 Å². The van der Waals surface area contributed by atoms with Crippen LogP contribution in [0, 0.1) is 0 Å². The van der Waals surface area contributed by atoms with Crippen LogP contribution in [0.2, 0.25) is 0 Å². The van der Waals surface area contributed by atoms with Gasteiger partial charge in [-0.15, -0.1) is 0 Å². The van der Waals surface area contributed by atoms with E-state index in [1.807, 2.05) is 0 Å². The Kier molecular flexibility index (Phi) is 4.06. The topological polar surface area (TPSA) is 66.8 Å². The van der Waals surface area contributed by atoms with Gasteiger partial charge in [0.05, 0.1) is 0 Å². The number of nitrogens with zero attached hydrogens (tertiary/aromatic N) is 1. The summed E-state index contributed by atoms with van der Waals surface area (Å²) >= 11 is 0. The molecule has 2 rings (SSSR count). The van der Waals surface area contributed by atoms with E-state index < -0.39 is 37.2 Å². The summed E-state index contributed by atoms with van der Waals surface area (Å²) in [6, 6.07) is 6.71. The maximum absolute atomic E-state index is 12.4. The summed E-state index contributed by atoms with van der Waals surface area (Å²) in [5, 5.41) is 8.64. The van der Waals surface area contributed by atoms with Gasteiger partial charge in [0.1, 0.15) is 18.8 Å². The quantitative estimate of drug-likeness (QED) is 0.914.